The summed E-state index contributed by atoms with van der Waals surface area (Å²) in [5.74, 6) is -3.75. The predicted octanol–water partition coefficient (Wildman–Crippen LogP) is 2.75. The van der Waals surface area contributed by atoms with Crippen molar-refractivity contribution in [2.45, 2.75) is 31.2 Å². The first-order valence-corrected chi connectivity index (χ1v) is 6.30. The van der Waals surface area contributed by atoms with Crippen molar-refractivity contribution in [3.63, 3.8) is 0 Å². The van der Waals surface area contributed by atoms with E-state index in [-0.39, 0.29) is 23.3 Å². The van der Waals surface area contributed by atoms with Crippen molar-refractivity contribution in [2.24, 2.45) is 5.73 Å². The molecule has 7 heteroatoms. The fourth-order valence-electron chi connectivity index (χ4n) is 2.48. The first-order valence-electron chi connectivity index (χ1n) is 6.30. The van der Waals surface area contributed by atoms with Gasteiger partial charge in [-0.3, -0.25) is 0 Å². The summed E-state index contributed by atoms with van der Waals surface area (Å²) < 4.78 is 44.4. The van der Waals surface area contributed by atoms with Gasteiger partial charge < -0.3 is 10.3 Å². The van der Waals surface area contributed by atoms with Gasteiger partial charge in [0.15, 0.2) is 17.5 Å². The Kier molecular flexibility index (Phi) is 3.21. The molecule has 2 unspecified atom stereocenters. The number of benzene rings is 1. The van der Waals surface area contributed by atoms with Gasteiger partial charge in [-0.25, -0.2) is 13.2 Å². The highest BCUT2D eigenvalue weighted by Crippen LogP contribution is 2.33. The highest BCUT2D eigenvalue weighted by Gasteiger charge is 2.30. The maximum absolute atomic E-state index is 13.2. The highest BCUT2D eigenvalue weighted by molar-refractivity contribution is 5.54. The van der Waals surface area contributed by atoms with E-state index in [1.165, 1.54) is 0 Å². The summed E-state index contributed by atoms with van der Waals surface area (Å²) in [5, 5.41) is 3.68. The summed E-state index contributed by atoms with van der Waals surface area (Å²) in [6, 6.07) is 1.62. The molecule has 4 nitrogen and oxygen atoms in total. The van der Waals surface area contributed by atoms with Gasteiger partial charge >= 0.3 is 0 Å². The second-order valence-corrected chi connectivity index (χ2v) is 4.91. The van der Waals surface area contributed by atoms with Crippen LogP contribution in [0.5, 0.6) is 0 Å². The molecule has 1 aliphatic rings. The summed E-state index contributed by atoms with van der Waals surface area (Å²) in [7, 11) is 0. The normalized spacial score (nSPS) is 22.4. The van der Waals surface area contributed by atoms with Crippen LogP contribution >= 0.6 is 0 Å². The van der Waals surface area contributed by atoms with Gasteiger partial charge in [0.1, 0.15) is 0 Å². The van der Waals surface area contributed by atoms with Gasteiger partial charge in [-0.15, -0.1) is 0 Å². The molecule has 106 valence electrons. The van der Waals surface area contributed by atoms with Crippen LogP contribution in [0.3, 0.4) is 0 Å². The lowest BCUT2D eigenvalue weighted by Crippen LogP contribution is -2.22. The third-order valence-corrected chi connectivity index (χ3v) is 3.57. The highest BCUT2D eigenvalue weighted by atomic mass is 19.2. The van der Waals surface area contributed by atoms with Crippen molar-refractivity contribution < 1.29 is 17.7 Å². The van der Waals surface area contributed by atoms with Crippen LogP contribution in [0.2, 0.25) is 0 Å². The van der Waals surface area contributed by atoms with Gasteiger partial charge in [0.25, 0.3) is 0 Å². The van der Waals surface area contributed by atoms with Gasteiger partial charge in [-0.1, -0.05) is 11.6 Å². The Morgan fingerprint density at radius 2 is 1.85 bits per heavy atom. The van der Waals surface area contributed by atoms with Crippen LogP contribution in [0.15, 0.2) is 16.7 Å². The fourth-order valence-corrected chi connectivity index (χ4v) is 2.48. The van der Waals surface area contributed by atoms with Crippen LogP contribution in [0.25, 0.3) is 11.4 Å². The van der Waals surface area contributed by atoms with E-state index in [1.807, 2.05) is 0 Å². The summed E-state index contributed by atoms with van der Waals surface area (Å²) in [4.78, 5) is 4.11. The molecule has 0 radical (unpaired) electrons. The lowest BCUT2D eigenvalue weighted by molar-refractivity contribution is 0.345. The summed E-state index contributed by atoms with van der Waals surface area (Å²) in [5.41, 5.74) is 5.96. The third kappa shape index (κ3) is 2.18. The molecule has 20 heavy (non-hydrogen) atoms. The largest absolute Gasteiger partial charge is 0.339 e. The molecule has 0 aliphatic heterocycles. The molecule has 1 aromatic carbocycles. The van der Waals surface area contributed by atoms with Crippen molar-refractivity contribution in [3.05, 3.63) is 35.5 Å². The minimum Gasteiger partial charge on any atom is -0.339 e. The molecular weight excluding hydrogens is 271 g/mol. The van der Waals surface area contributed by atoms with Crippen molar-refractivity contribution in [3.8, 4) is 11.4 Å². The standard InChI is InChI=1S/C13H12F3N3O/c14-8-4-6(5-9(15)11(8)16)12-18-13(20-19-12)7-2-1-3-10(7)17/h4-5,7,10H,1-3,17H2. The van der Waals surface area contributed by atoms with Crippen molar-refractivity contribution in [2.75, 3.05) is 0 Å². The van der Waals surface area contributed by atoms with E-state index < -0.39 is 17.5 Å². The van der Waals surface area contributed by atoms with Crippen LogP contribution in [-0.4, -0.2) is 16.2 Å². The molecule has 1 heterocycles. The Labute approximate surface area is 112 Å². The van der Waals surface area contributed by atoms with Gasteiger partial charge in [-0.2, -0.15) is 4.98 Å². The predicted molar refractivity (Wildman–Crippen MR) is 64.2 cm³/mol. The van der Waals surface area contributed by atoms with Crippen LogP contribution < -0.4 is 5.73 Å². The Bertz CT molecular complexity index is 621. The molecule has 0 spiro atoms. The maximum atomic E-state index is 13.2. The molecule has 0 bridgehead atoms. The topological polar surface area (TPSA) is 64.9 Å². The lowest BCUT2D eigenvalue weighted by atomic mass is 10.1. The SMILES string of the molecule is NC1CCCC1c1nc(-c2cc(F)c(F)c(F)c2)no1. The van der Waals surface area contributed by atoms with Crippen LogP contribution in [0, 0.1) is 17.5 Å². The van der Waals surface area contributed by atoms with E-state index in [2.05, 4.69) is 10.1 Å². The van der Waals surface area contributed by atoms with E-state index in [4.69, 9.17) is 10.3 Å². The fraction of sp³-hybridized carbons (Fsp3) is 0.385. The minimum absolute atomic E-state index is 0.0249. The number of hydrogen-bond acceptors (Lipinski definition) is 4. The smallest absolute Gasteiger partial charge is 0.231 e. The Hall–Kier alpha value is -1.89. The van der Waals surface area contributed by atoms with E-state index in [0.717, 1.165) is 31.4 Å². The number of aromatic nitrogens is 2. The monoisotopic (exact) mass is 283 g/mol. The number of halogens is 3. The summed E-state index contributed by atoms with van der Waals surface area (Å²) >= 11 is 0. The summed E-state index contributed by atoms with van der Waals surface area (Å²) in [6.07, 6.45) is 2.69. The van der Waals surface area contributed by atoms with Gasteiger partial charge in [0.05, 0.1) is 5.92 Å². The molecule has 1 aromatic heterocycles. The number of nitrogens with two attached hydrogens (primary N) is 1. The number of rotatable bonds is 2. The van der Waals surface area contributed by atoms with Crippen molar-refractivity contribution in [1.29, 1.82) is 0 Å². The van der Waals surface area contributed by atoms with Crippen LogP contribution in [0.1, 0.15) is 31.1 Å². The van der Waals surface area contributed by atoms with E-state index in [1.54, 1.807) is 0 Å². The van der Waals surface area contributed by atoms with Gasteiger partial charge in [-0.05, 0) is 25.0 Å². The van der Waals surface area contributed by atoms with Crippen LogP contribution in [0.4, 0.5) is 13.2 Å². The quantitative estimate of drug-likeness (QED) is 0.861. The van der Waals surface area contributed by atoms with Crippen molar-refractivity contribution >= 4 is 0 Å². The Morgan fingerprint density at radius 3 is 2.45 bits per heavy atom. The molecule has 2 atom stereocenters. The number of hydrogen-bond donors (Lipinski definition) is 1. The van der Waals surface area contributed by atoms with Crippen LogP contribution in [-0.2, 0) is 0 Å². The molecular formula is C13H12F3N3O. The minimum atomic E-state index is -1.52. The molecule has 1 saturated carbocycles. The first kappa shape index (κ1) is 13.1. The average molecular weight is 283 g/mol. The summed E-state index contributed by atoms with van der Waals surface area (Å²) in [6.45, 7) is 0. The molecule has 3 rings (SSSR count). The molecule has 1 fully saturated rings. The maximum Gasteiger partial charge on any atom is 0.231 e. The third-order valence-electron chi connectivity index (χ3n) is 3.57. The Morgan fingerprint density at radius 1 is 1.15 bits per heavy atom. The Balaban J connectivity index is 1.94. The zero-order valence-electron chi connectivity index (χ0n) is 10.4. The van der Waals surface area contributed by atoms with E-state index in [9.17, 15) is 13.2 Å². The second kappa shape index (κ2) is 4.90. The van der Waals surface area contributed by atoms with Gasteiger partial charge in [0.2, 0.25) is 11.7 Å². The number of nitrogens with zero attached hydrogens (tertiary/aromatic N) is 2. The first-order chi connectivity index (χ1) is 9.56. The van der Waals surface area contributed by atoms with E-state index >= 15 is 0 Å². The molecule has 2 aromatic rings. The van der Waals surface area contributed by atoms with Gasteiger partial charge in [0, 0.05) is 11.6 Å². The molecule has 0 saturated heterocycles. The second-order valence-electron chi connectivity index (χ2n) is 4.91. The molecule has 2 N–H and O–H groups in total. The zero-order valence-corrected chi connectivity index (χ0v) is 10.4. The molecule has 1 aliphatic carbocycles. The van der Waals surface area contributed by atoms with E-state index in [0.29, 0.717) is 5.89 Å². The average Bonchev–Trinajstić information content (AvgIpc) is 3.03. The lowest BCUT2D eigenvalue weighted by Gasteiger charge is -2.08. The molecule has 0 amide bonds. The zero-order chi connectivity index (χ0) is 14.3. The van der Waals surface area contributed by atoms with Crippen molar-refractivity contribution in [1.82, 2.24) is 10.1 Å².